The van der Waals surface area contributed by atoms with Crippen LogP contribution in [0.25, 0.3) is 0 Å². The van der Waals surface area contributed by atoms with Crippen LogP contribution < -0.4 is 5.73 Å². The Balaban J connectivity index is 2.54. The van der Waals surface area contributed by atoms with E-state index in [2.05, 4.69) is 19.6 Å². The quantitative estimate of drug-likeness (QED) is 0.454. The predicted octanol–water partition coefficient (Wildman–Crippen LogP) is 0.0268. The van der Waals surface area contributed by atoms with Crippen molar-refractivity contribution in [3.63, 3.8) is 0 Å². The molecule has 0 aliphatic carbocycles. The first kappa shape index (κ1) is 4.96. The number of hydrogen-bond acceptors (Lipinski definition) is 0. The number of rotatable bonds is 1. The lowest BCUT2D eigenvalue weighted by Gasteiger charge is -1.87. The van der Waals surface area contributed by atoms with E-state index in [1.54, 1.807) is 0 Å². The molecule has 0 spiro atoms. The van der Waals surface area contributed by atoms with E-state index >= 15 is 0 Å². The lowest BCUT2D eigenvalue weighted by atomic mass is 10.3. The highest BCUT2D eigenvalue weighted by Crippen LogP contribution is 1.74. The molecule has 0 aliphatic heterocycles. The zero-order valence-corrected chi connectivity index (χ0v) is 3.99. The van der Waals surface area contributed by atoms with Crippen LogP contribution in [0.2, 0.25) is 0 Å². The van der Waals surface area contributed by atoms with Crippen LogP contribution in [0.15, 0.2) is 0 Å². The average molecular weight is 74.1 g/mol. The summed E-state index contributed by atoms with van der Waals surface area (Å²) in [5, 5.41) is 0. The second-order valence-electron chi connectivity index (χ2n) is 1.51. The van der Waals surface area contributed by atoms with Crippen LogP contribution in [0, 0.1) is 0 Å². The Labute approximate surface area is 33.2 Å². The van der Waals surface area contributed by atoms with Crippen LogP contribution in [0.5, 0.6) is 0 Å². The third kappa shape index (κ3) is 3.96. The molecule has 0 radical (unpaired) electrons. The summed E-state index contributed by atoms with van der Waals surface area (Å²) in [5.74, 6) is 0. The van der Waals surface area contributed by atoms with Gasteiger partial charge < -0.3 is 5.73 Å². The third-order valence-corrected chi connectivity index (χ3v) is 0.697. The topological polar surface area (TPSA) is 27.6 Å². The second-order valence-corrected chi connectivity index (χ2v) is 1.51. The summed E-state index contributed by atoms with van der Waals surface area (Å²) in [6.07, 6.45) is 1.19. The van der Waals surface area contributed by atoms with Crippen LogP contribution in [-0.2, 0) is 0 Å². The summed E-state index contributed by atoms with van der Waals surface area (Å²) in [4.78, 5) is 0. The maximum atomic E-state index is 3.76. The molecule has 3 N–H and O–H groups in total. The van der Waals surface area contributed by atoms with Crippen molar-refractivity contribution in [1.29, 1.82) is 0 Å². The summed E-state index contributed by atoms with van der Waals surface area (Å²) in [6, 6.07) is 0.634. The summed E-state index contributed by atoms with van der Waals surface area (Å²) in [5.41, 5.74) is 3.76. The molecule has 0 aromatic rings. The van der Waals surface area contributed by atoms with Crippen molar-refractivity contribution < 1.29 is 5.73 Å². The summed E-state index contributed by atoms with van der Waals surface area (Å²) < 4.78 is 0. The van der Waals surface area contributed by atoms with Crippen LogP contribution in [0.3, 0.4) is 0 Å². The van der Waals surface area contributed by atoms with E-state index in [1.165, 1.54) is 6.42 Å². The molecule has 0 saturated carbocycles. The molecule has 0 amide bonds. The fourth-order valence-corrected chi connectivity index (χ4v) is 0. The fraction of sp³-hybridized carbons (Fsp3) is 1.00. The van der Waals surface area contributed by atoms with Gasteiger partial charge in [0.25, 0.3) is 0 Å². The molecule has 0 rings (SSSR count). The van der Waals surface area contributed by atoms with Crippen molar-refractivity contribution in [3.8, 4) is 0 Å². The van der Waals surface area contributed by atoms with E-state index in [4.69, 9.17) is 0 Å². The SMILES string of the molecule is CC[C@@H](C)[NH3+]. The Morgan fingerprint density at radius 2 is 2.00 bits per heavy atom. The van der Waals surface area contributed by atoms with Gasteiger partial charge in [-0.05, 0) is 13.3 Å². The highest BCUT2D eigenvalue weighted by Gasteiger charge is 1.84. The highest BCUT2D eigenvalue weighted by molar-refractivity contribution is 4.31. The molecule has 0 saturated heterocycles. The van der Waals surface area contributed by atoms with Gasteiger partial charge in [0.05, 0.1) is 6.04 Å². The van der Waals surface area contributed by atoms with E-state index in [1.807, 2.05) is 0 Å². The first-order chi connectivity index (χ1) is 2.27. The van der Waals surface area contributed by atoms with Crippen molar-refractivity contribution in [1.82, 2.24) is 0 Å². The molecular weight excluding hydrogens is 62.1 g/mol. The molecule has 32 valence electrons. The first-order valence-corrected chi connectivity index (χ1v) is 2.10. The van der Waals surface area contributed by atoms with Crippen molar-refractivity contribution >= 4 is 0 Å². The molecule has 1 nitrogen and oxygen atoms in total. The summed E-state index contributed by atoms with van der Waals surface area (Å²) in [6.45, 7) is 4.25. The fourth-order valence-electron chi connectivity index (χ4n) is 0. The van der Waals surface area contributed by atoms with E-state index in [0.29, 0.717) is 6.04 Å². The molecule has 0 unspecified atom stereocenters. The number of quaternary nitrogens is 1. The van der Waals surface area contributed by atoms with Gasteiger partial charge in [-0.15, -0.1) is 0 Å². The van der Waals surface area contributed by atoms with Crippen molar-refractivity contribution in [2.45, 2.75) is 26.3 Å². The van der Waals surface area contributed by atoms with Crippen molar-refractivity contribution in [3.05, 3.63) is 0 Å². The van der Waals surface area contributed by atoms with Gasteiger partial charge in [-0.25, -0.2) is 0 Å². The molecule has 0 heterocycles. The maximum Gasteiger partial charge on any atom is 0.0812 e. The van der Waals surface area contributed by atoms with Gasteiger partial charge >= 0.3 is 0 Å². The van der Waals surface area contributed by atoms with E-state index in [0.717, 1.165) is 0 Å². The van der Waals surface area contributed by atoms with Gasteiger partial charge in [0.1, 0.15) is 0 Å². The molecule has 1 atom stereocenters. The lowest BCUT2D eigenvalue weighted by Crippen LogP contribution is -2.58. The van der Waals surface area contributed by atoms with Crippen LogP contribution >= 0.6 is 0 Å². The summed E-state index contributed by atoms with van der Waals surface area (Å²) >= 11 is 0. The van der Waals surface area contributed by atoms with Gasteiger partial charge in [-0.3, -0.25) is 0 Å². The Morgan fingerprint density at radius 3 is 2.00 bits per heavy atom. The minimum atomic E-state index is 0.634. The zero-order chi connectivity index (χ0) is 4.28. The Morgan fingerprint density at radius 1 is 1.80 bits per heavy atom. The van der Waals surface area contributed by atoms with E-state index in [9.17, 15) is 0 Å². The van der Waals surface area contributed by atoms with Crippen molar-refractivity contribution in [2.24, 2.45) is 0 Å². The second kappa shape index (κ2) is 2.21. The molecule has 1 heteroatoms. The minimum Gasteiger partial charge on any atom is -0.355 e. The van der Waals surface area contributed by atoms with Crippen LogP contribution in [0.1, 0.15) is 20.3 Å². The van der Waals surface area contributed by atoms with E-state index < -0.39 is 0 Å². The Kier molecular flexibility index (Phi) is 2.19. The molecule has 0 aliphatic rings. The highest BCUT2D eigenvalue weighted by atomic mass is 14.6. The predicted molar refractivity (Wildman–Crippen MR) is 22.6 cm³/mol. The van der Waals surface area contributed by atoms with Gasteiger partial charge in [0, 0.05) is 0 Å². The summed E-state index contributed by atoms with van der Waals surface area (Å²) in [7, 11) is 0. The maximum absolute atomic E-state index is 3.76. The standard InChI is InChI=1S/C4H11N/c1-3-4(2)5/h4H,3,5H2,1-2H3/p+1/t4-/m1/s1. The monoisotopic (exact) mass is 74.1 g/mol. The minimum absolute atomic E-state index is 0.634. The van der Waals surface area contributed by atoms with Gasteiger partial charge in [0.15, 0.2) is 0 Å². The molecule has 0 fully saturated rings. The molecule has 0 aromatic heterocycles. The smallest absolute Gasteiger partial charge is 0.0812 e. The Hall–Kier alpha value is -0.0400. The third-order valence-electron chi connectivity index (χ3n) is 0.697. The van der Waals surface area contributed by atoms with E-state index in [-0.39, 0.29) is 0 Å². The van der Waals surface area contributed by atoms with Gasteiger partial charge in [-0.1, -0.05) is 6.92 Å². The molecule has 5 heavy (non-hydrogen) atoms. The molecule has 0 aromatic carbocycles. The normalized spacial score (nSPS) is 15.0. The first-order valence-electron chi connectivity index (χ1n) is 2.10. The number of hydrogen-bond donors (Lipinski definition) is 1. The van der Waals surface area contributed by atoms with Crippen molar-refractivity contribution in [2.75, 3.05) is 0 Å². The van der Waals surface area contributed by atoms with Gasteiger partial charge in [-0.2, -0.15) is 0 Å². The lowest BCUT2D eigenvalue weighted by molar-refractivity contribution is -0.414. The zero-order valence-electron chi connectivity index (χ0n) is 3.99. The van der Waals surface area contributed by atoms with Gasteiger partial charge in [0.2, 0.25) is 0 Å². The molecular formula is C4H12N+. The van der Waals surface area contributed by atoms with Crippen LogP contribution in [-0.4, -0.2) is 6.04 Å². The Bertz CT molecular complexity index is 17.6. The molecule has 0 bridgehead atoms. The average Bonchev–Trinajstić information content (AvgIpc) is 1.38. The largest absolute Gasteiger partial charge is 0.355 e. The van der Waals surface area contributed by atoms with Crippen LogP contribution in [0.4, 0.5) is 0 Å².